The summed E-state index contributed by atoms with van der Waals surface area (Å²) in [6, 6.07) is 69.0. The van der Waals surface area contributed by atoms with Crippen LogP contribution < -0.4 is 0 Å². The van der Waals surface area contributed by atoms with E-state index in [-0.39, 0.29) is 6.04 Å². The van der Waals surface area contributed by atoms with Crippen molar-refractivity contribution in [1.82, 2.24) is 9.13 Å². The highest BCUT2D eigenvalue weighted by Gasteiger charge is 2.26. The van der Waals surface area contributed by atoms with Crippen LogP contribution in [0.1, 0.15) is 73.1 Å². The summed E-state index contributed by atoms with van der Waals surface area (Å²) >= 11 is 0. The van der Waals surface area contributed by atoms with E-state index in [0.717, 1.165) is 72.5 Å². The van der Waals surface area contributed by atoms with Gasteiger partial charge in [-0.3, -0.25) is 4.99 Å². The smallest absolute Gasteiger partial charge is 0.136 e. The van der Waals surface area contributed by atoms with Crippen LogP contribution in [-0.4, -0.2) is 14.8 Å². The van der Waals surface area contributed by atoms with Crippen molar-refractivity contribution in [3.8, 4) is 22.5 Å². The van der Waals surface area contributed by atoms with Gasteiger partial charge in [0.05, 0.1) is 33.8 Å². The lowest BCUT2D eigenvalue weighted by Crippen LogP contribution is -2.13. The van der Waals surface area contributed by atoms with Crippen molar-refractivity contribution in [3.05, 3.63) is 228 Å². The van der Waals surface area contributed by atoms with E-state index >= 15 is 0 Å². The Morgan fingerprint density at radius 2 is 1.19 bits per heavy atom. The molecule has 4 nitrogen and oxygen atoms in total. The largest absolute Gasteiger partial charge is 0.460 e. The predicted octanol–water partition coefficient (Wildman–Crippen LogP) is 16.8. The molecule has 0 bridgehead atoms. The first-order valence-corrected chi connectivity index (χ1v) is 24.0. The molecular formula is C63H49N3O. The van der Waals surface area contributed by atoms with Crippen LogP contribution in [0.2, 0.25) is 0 Å². The number of aryl methyl sites for hydroxylation is 1. The highest BCUT2D eigenvalue weighted by molar-refractivity contribution is 6.20. The third-order valence-corrected chi connectivity index (χ3v) is 14.4. The summed E-state index contributed by atoms with van der Waals surface area (Å²) in [7, 11) is 0. The van der Waals surface area contributed by atoms with Gasteiger partial charge in [0, 0.05) is 50.3 Å². The summed E-state index contributed by atoms with van der Waals surface area (Å²) < 4.78 is 11.6. The highest BCUT2D eigenvalue weighted by atomic mass is 16.3. The van der Waals surface area contributed by atoms with E-state index in [9.17, 15) is 0 Å². The van der Waals surface area contributed by atoms with Crippen LogP contribution in [-0.2, 0) is 6.42 Å². The molecule has 4 heterocycles. The van der Waals surface area contributed by atoms with Gasteiger partial charge in [0.15, 0.2) is 0 Å². The number of benzene rings is 8. The van der Waals surface area contributed by atoms with Gasteiger partial charge in [-0.15, -0.1) is 0 Å². The maximum atomic E-state index is 6.74. The van der Waals surface area contributed by atoms with Crippen molar-refractivity contribution in [2.45, 2.75) is 51.5 Å². The van der Waals surface area contributed by atoms with Gasteiger partial charge < -0.3 is 13.6 Å². The van der Waals surface area contributed by atoms with E-state index in [2.05, 4.69) is 216 Å². The molecule has 1 unspecified atom stereocenters. The molecule has 1 aliphatic carbocycles. The minimum absolute atomic E-state index is 0.0235. The van der Waals surface area contributed by atoms with Gasteiger partial charge in [0.2, 0.25) is 0 Å². The molecule has 2 aliphatic rings. The normalized spacial score (nSPS) is 17.3. The first-order chi connectivity index (χ1) is 33.2. The molecule has 13 rings (SSSR count). The summed E-state index contributed by atoms with van der Waals surface area (Å²) in [6.07, 6.45) is 10.2. The van der Waals surface area contributed by atoms with E-state index in [4.69, 9.17) is 9.41 Å². The summed E-state index contributed by atoms with van der Waals surface area (Å²) in [5, 5.41) is 6.24. The minimum atomic E-state index is -0.0235. The van der Waals surface area contributed by atoms with Crippen molar-refractivity contribution in [1.29, 1.82) is 0 Å². The number of hydrogen-bond acceptors (Lipinski definition) is 2. The molecule has 3 aromatic heterocycles. The fourth-order valence-corrected chi connectivity index (χ4v) is 11.4. The Bertz CT molecular complexity index is 3800. The molecule has 0 radical (unpaired) electrons. The topological polar surface area (TPSA) is 35.4 Å². The Morgan fingerprint density at radius 1 is 0.552 bits per heavy atom. The quantitative estimate of drug-likeness (QED) is 0.157. The average Bonchev–Trinajstić information content (AvgIpc) is 4.03. The lowest BCUT2D eigenvalue weighted by molar-refractivity contribution is 0.546. The molecule has 0 N–H and O–H groups in total. The number of hydrogen-bond donors (Lipinski definition) is 0. The van der Waals surface area contributed by atoms with Gasteiger partial charge in [-0.2, -0.15) is 0 Å². The number of aromatic nitrogens is 2. The minimum Gasteiger partial charge on any atom is -0.460 e. The molecule has 322 valence electrons. The van der Waals surface area contributed by atoms with Gasteiger partial charge in [-0.25, -0.2) is 0 Å². The molecule has 0 saturated carbocycles. The van der Waals surface area contributed by atoms with Crippen LogP contribution >= 0.6 is 0 Å². The Kier molecular flexibility index (Phi) is 9.52. The van der Waals surface area contributed by atoms with Crippen LogP contribution in [0.25, 0.3) is 88.7 Å². The van der Waals surface area contributed by atoms with Crippen LogP contribution in [0.3, 0.4) is 0 Å². The monoisotopic (exact) mass is 863 g/mol. The summed E-state index contributed by atoms with van der Waals surface area (Å²) in [5.74, 6) is 1.09. The zero-order valence-corrected chi connectivity index (χ0v) is 37.6. The Hall–Kier alpha value is -7.95. The third kappa shape index (κ3) is 6.54. The zero-order chi connectivity index (χ0) is 44.4. The first-order valence-electron chi connectivity index (χ1n) is 24.0. The van der Waals surface area contributed by atoms with Gasteiger partial charge in [0.25, 0.3) is 0 Å². The van der Waals surface area contributed by atoms with Crippen molar-refractivity contribution in [2.75, 3.05) is 0 Å². The second-order valence-corrected chi connectivity index (χ2v) is 18.2. The molecule has 8 aromatic carbocycles. The van der Waals surface area contributed by atoms with E-state index in [1.165, 1.54) is 88.0 Å². The van der Waals surface area contributed by atoms with Crippen molar-refractivity contribution >= 4 is 71.9 Å². The van der Waals surface area contributed by atoms with E-state index in [0.29, 0.717) is 0 Å². The predicted molar refractivity (Wildman–Crippen MR) is 281 cm³/mol. The molecule has 0 saturated heterocycles. The van der Waals surface area contributed by atoms with Crippen LogP contribution in [0.5, 0.6) is 0 Å². The fraction of sp³-hybridized carbons (Fsp3) is 0.127. The molecule has 1 atom stereocenters. The van der Waals surface area contributed by atoms with E-state index < -0.39 is 0 Å². The highest BCUT2D eigenvalue weighted by Crippen LogP contribution is 2.44. The standard InChI is InChI=1S/C63H49N3O/c1-2-47-48(44-37-52(41-20-6-3-7-21-41)62-51-30-14-17-35-60(51)67-61(62)38-44)31-19-32-55(64-63(47)42-22-8-4-9-23-42)43-24-18-27-46(36-43)66-57-34-16-13-29-50(57)54-39-53-49-28-12-15-33-56(49)65(58(53)40-59(54)66)45-25-10-5-11-26-45/h3-16,18,20-30,33-34,36-40,55H,2,17,19,31-32,35H2,1H3/b48-47+,64-63-. The molecular weight excluding hydrogens is 815 g/mol. The molecule has 11 aromatic rings. The van der Waals surface area contributed by atoms with Crippen molar-refractivity contribution in [3.63, 3.8) is 0 Å². The van der Waals surface area contributed by atoms with E-state index in [1.54, 1.807) is 0 Å². The van der Waals surface area contributed by atoms with Crippen molar-refractivity contribution in [2.24, 2.45) is 4.99 Å². The Balaban J connectivity index is 0.981. The van der Waals surface area contributed by atoms with Crippen LogP contribution in [0.4, 0.5) is 0 Å². The lowest BCUT2D eigenvalue weighted by atomic mass is 9.84. The molecule has 0 spiro atoms. The Labute approximate surface area is 390 Å². The molecule has 0 fully saturated rings. The molecule has 0 amide bonds. The number of aliphatic imine (C=N–C) groups is 1. The number of allylic oxidation sites excluding steroid dienone is 3. The summed E-state index contributed by atoms with van der Waals surface area (Å²) in [5.41, 5.74) is 19.1. The maximum Gasteiger partial charge on any atom is 0.136 e. The van der Waals surface area contributed by atoms with Crippen LogP contribution in [0, 0.1) is 0 Å². The fourth-order valence-electron chi connectivity index (χ4n) is 11.4. The number of fused-ring (bicyclic) bond motifs is 9. The van der Waals surface area contributed by atoms with Gasteiger partial charge >= 0.3 is 0 Å². The van der Waals surface area contributed by atoms with Crippen LogP contribution in [0.15, 0.2) is 209 Å². The number of rotatable bonds is 7. The second kappa shape index (κ2) is 16.2. The Morgan fingerprint density at radius 3 is 1.91 bits per heavy atom. The molecule has 67 heavy (non-hydrogen) atoms. The SMILES string of the molecule is CCC1=C(\c2cc(-c3ccccc3)c3c4c(oc3c2)CCC=C4)CCCC(c2cccc(-n3c4ccccc4c4cc5c6ccccc6n(-c6ccccc6)c5cc43)c2)/N=C\1c1ccccc1. The maximum absolute atomic E-state index is 6.74. The summed E-state index contributed by atoms with van der Waals surface area (Å²) in [6.45, 7) is 2.30. The number of nitrogens with zero attached hydrogens (tertiary/aromatic N) is 3. The van der Waals surface area contributed by atoms with Crippen molar-refractivity contribution < 1.29 is 4.42 Å². The summed E-state index contributed by atoms with van der Waals surface area (Å²) in [4.78, 5) is 5.87. The van der Waals surface area contributed by atoms with E-state index in [1.807, 2.05) is 0 Å². The van der Waals surface area contributed by atoms with Gasteiger partial charge in [-0.05, 0) is 132 Å². The van der Waals surface area contributed by atoms with Gasteiger partial charge in [0.1, 0.15) is 11.3 Å². The number of para-hydroxylation sites is 3. The molecule has 4 heteroatoms. The van der Waals surface area contributed by atoms with Gasteiger partial charge in [-0.1, -0.05) is 146 Å². The second-order valence-electron chi connectivity index (χ2n) is 18.2. The first kappa shape index (κ1) is 39.4. The lowest BCUT2D eigenvalue weighted by Gasteiger charge is -2.25. The molecule has 1 aliphatic heterocycles. The number of furan rings is 1. The average molecular weight is 864 g/mol. The zero-order valence-electron chi connectivity index (χ0n) is 37.6. The third-order valence-electron chi connectivity index (χ3n) is 14.4.